The van der Waals surface area contributed by atoms with E-state index < -0.39 is 0 Å². The number of aryl methyl sites for hydroxylation is 3. The number of allylic oxidation sites excluding steroid dienone is 5. The second kappa shape index (κ2) is 17.6. The zero-order chi connectivity index (χ0) is 31.9. The summed E-state index contributed by atoms with van der Waals surface area (Å²) in [5.41, 5.74) is 6.82. The summed E-state index contributed by atoms with van der Waals surface area (Å²) >= 11 is 0. The van der Waals surface area contributed by atoms with Crippen molar-refractivity contribution >= 4 is 0 Å². The van der Waals surface area contributed by atoms with Crippen LogP contribution in [0.1, 0.15) is 54.5 Å². The minimum Gasteiger partial charge on any atom is -0.513 e. The Kier molecular flexibility index (Phi) is 13.7. The van der Waals surface area contributed by atoms with E-state index in [1.54, 1.807) is 35.4 Å². The lowest BCUT2D eigenvalue weighted by molar-refractivity contribution is 0.247. The number of ether oxygens (including phenoxy) is 1. The number of aliphatic hydroxyl groups excluding tert-OH is 1. The van der Waals surface area contributed by atoms with Crippen molar-refractivity contribution in [2.24, 2.45) is 5.84 Å². The third-order valence-corrected chi connectivity index (χ3v) is 7.30. The van der Waals surface area contributed by atoms with Crippen molar-refractivity contribution in [3.63, 3.8) is 0 Å². The SMILES string of the molecule is C=C/C(=C\C=C(/C)CC)OC/C(=C/N(N)Cc1ccc(CCc2ccc(CCC(=C)O)c(F)c2)cc1)Cc1ccc(F)cc1. The molecule has 0 aliphatic carbocycles. The van der Waals surface area contributed by atoms with E-state index in [2.05, 4.69) is 39.1 Å². The first kappa shape index (κ1) is 34.1. The Morgan fingerprint density at radius 3 is 2.18 bits per heavy atom. The van der Waals surface area contributed by atoms with Gasteiger partial charge < -0.3 is 14.9 Å². The Balaban J connectivity index is 1.63. The Hall–Kier alpha value is -4.42. The van der Waals surface area contributed by atoms with Gasteiger partial charge in [-0.25, -0.2) is 14.6 Å². The first-order valence-corrected chi connectivity index (χ1v) is 14.9. The summed E-state index contributed by atoms with van der Waals surface area (Å²) in [6, 6.07) is 20.0. The standard InChI is InChI=1S/C38H44F2N2O2/c1-5-28(3)7-22-37(6-2)44-27-34(23-31-16-20-36(39)21-17-31)26-42(41)25-33-13-10-30(11-14-33)9-12-32-15-19-35(38(40)24-32)18-8-29(4)43/h6-7,10-11,13-17,19-22,24,26,43H,2,4-5,8-9,12,18,23,25,27,41H2,1,3H3/b28-7+,34-26+,37-22+. The Morgan fingerprint density at radius 1 is 0.909 bits per heavy atom. The minimum absolute atomic E-state index is 0.0609. The molecule has 3 N–H and O–H groups in total. The summed E-state index contributed by atoms with van der Waals surface area (Å²) in [7, 11) is 0. The van der Waals surface area contributed by atoms with Crippen LogP contribution in [0.25, 0.3) is 0 Å². The second-order valence-corrected chi connectivity index (χ2v) is 11.0. The van der Waals surface area contributed by atoms with Crippen molar-refractivity contribution in [2.45, 2.75) is 58.9 Å². The molecule has 0 spiro atoms. The zero-order valence-electron chi connectivity index (χ0n) is 25.9. The molecule has 4 nitrogen and oxygen atoms in total. The van der Waals surface area contributed by atoms with Crippen LogP contribution in [0.3, 0.4) is 0 Å². The van der Waals surface area contributed by atoms with Gasteiger partial charge in [-0.2, -0.15) is 0 Å². The van der Waals surface area contributed by atoms with Crippen LogP contribution in [-0.4, -0.2) is 16.7 Å². The van der Waals surface area contributed by atoms with Crippen molar-refractivity contribution < 1.29 is 18.6 Å². The van der Waals surface area contributed by atoms with Crippen molar-refractivity contribution in [2.75, 3.05) is 6.61 Å². The molecule has 0 aromatic heterocycles. The normalized spacial score (nSPS) is 12.2. The number of hydrogen-bond donors (Lipinski definition) is 2. The molecule has 0 unspecified atom stereocenters. The van der Waals surface area contributed by atoms with Crippen LogP contribution in [0.5, 0.6) is 0 Å². The number of nitrogens with zero attached hydrogens (tertiary/aromatic N) is 1. The van der Waals surface area contributed by atoms with Crippen LogP contribution in [0.2, 0.25) is 0 Å². The Bertz CT molecular complexity index is 1470. The van der Waals surface area contributed by atoms with E-state index in [4.69, 9.17) is 10.6 Å². The van der Waals surface area contributed by atoms with E-state index in [0.29, 0.717) is 43.7 Å². The molecular weight excluding hydrogens is 554 g/mol. The van der Waals surface area contributed by atoms with E-state index in [9.17, 15) is 13.9 Å². The second-order valence-electron chi connectivity index (χ2n) is 11.0. The third-order valence-electron chi connectivity index (χ3n) is 7.30. The molecule has 0 saturated heterocycles. The summed E-state index contributed by atoms with van der Waals surface area (Å²) in [6.07, 6.45) is 11.3. The summed E-state index contributed by atoms with van der Waals surface area (Å²) in [5.74, 6) is 6.61. The summed E-state index contributed by atoms with van der Waals surface area (Å²) in [6.45, 7) is 12.3. The number of hydrogen-bond acceptors (Lipinski definition) is 4. The predicted octanol–water partition coefficient (Wildman–Crippen LogP) is 9.00. The van der Waals surface area contributed by atoms with Gasteiger partial charge in [0.2, 0.25) is 0 Å². The van der Waals surface area contributed by atoms with Crippen LogP contribution in [0.4, 0.5) is 8.78 Å². The van der Waals surface area contributed by atoms with Gasteiger partial charge in [0.1, 0.15) is 24.0 Å². The van der Waals surface area contributed by atoms with E-state index >= 15 is 0 Å². The third kappa shape index (κ3) is 12.1. The molecular formula is C38H44F2N2O2. The molecule has 3 aromatic rings. The first-order valence-electron chi connectivity index (χ1n) is 14.9. The molecule has 0 heterocycles. The van der Waals surface area contributed by atoms with Gasteiger partial charge in [-0.1, -0.05) is 80.3 Å². The molecule has 44 heavy (non-hydrogen) atoms. The molecule has 0 amide bonds. The first-order chi connectivity index (χ1) is 21.1. The monoisotopic (exact) mass is 598 g/mol. The minimum atomic E-state index is -0.277. The van der Waals surface area contributed by atoms with Crippen LogP contribution in [0.15, 0.2) is 127 Å². The quantitative estimate of drug-likeness (QED) is 0.0705. The molecule has 0 bridgehead atoms. The molecule has 0 aliphatic rings. The van der Waals surface area contributed by atoms with Crippen LogP contribution >= 0.6 is 0 Å². The molecule has 0 saturated carbocycles. The average Bonchev–Trinajstić information content (AvgIpc) is 3.01. The maximum absolute atomic E-state index is 14.4. The lowest BCUT2D eigenvalue weighted by Gasteiger charge is -2.18. The highest BCUT2D eigenvalue weighted by Gasteiger charge is 2.08. The predicted molar refractivity (Wildman–Crippen MR) is 177 cm³/mol. The number of nitrogens with two attached hydrogens (primary N) is 1. The fourth-order valence-electron chi connectivity index (χ4n) is 4.51. The Morgan fingerprint density at radius 2 is 1.55 bits per heavy atom. The summed E-state index contributed by atoms with van der Waals surface area (Å²) < 4.78 is 34.0. The lowest BCUT2D eigenvalue weighted by atomic mass is 10.0. The van der Waals surface area contributed by atoms with Crippen LogP contribution in [0, 0.1) is 11.6 Å². The molecule has 232 valence electrons. The fourth-order valence-corrected chi connectivity index (χ4v) is 4.51. The largest absolute Gasteiger partial charge is 0.513 e. The van der Waals surface area contributed by atoms with Gasteiger partial charge in [-0.15, -0.1) is 0 Å². The van der Waals surface area contributed by atoms with Crippen molar-refractivity contribution in [3.8, 4) is 0 Å². The van der Waals surface area contributed by atoms with Gasteiger partial charge in [0.25, 0.3) is 0 Å². The fraction of sp³-hybridized carbons (Fsp3) is 0.263. The van der Waals surface area contributed by atoms with E-state index in [0.717, 1.165) is 47.1 Å². The van der Waals surface area contributed by atoms with Gasteiger partial charge in [-0.05, 0) is 103 Å². The molecule has 3 rings (SSSR count). The lowest BCUT2D eigenvalue weighted by Crippen LogP contribution is -2.25. The number of rotatable bonds is 17. The van der Waals surface area contributed by atoms with Gasteiger partial charge in [-0.3, -0.25) is 0 Å². The molecule has 0 fully saturated rings. The van der Waals surface area contributed by atoms with Crippen LogP contribution in [-0.2, 0) is 37.0 Å². The highest BCUT2D eigenvalue weighted by Crippen LogP contribution is 2.17. The molecule has 0 radical (unpaired) electrons. The number of hydrazine groups is 1. The molecule has 3 aromatic carbocycles. The summed E-state index contributed by atoms with van der Waals surface area (Å²) in [4.78, 5) is 0. The number of halogens is 2. The molecule has 0 atom stereocenters. The van der Waals surface area contributed by atoms with Crippen molar-refractivity contribution in [1.82, 2.24) is 5.01 Å². The van der Waals surface area contributed by atoms with Crippen molar-refractivity contribution in [1.29, 1.82) is 0 Å². The number of benzene rings is 3. The summed E-state index contributed by atoms with van der Waals surface area (Å²) in [5, 5.41) is 10.9. The van der Waals surface area contributed by atoms with E-state index in [1.807, 2.05) is 36.6 Å². The van der Waals surface area contributed by atoms with Gasteiger partial charge in [0.05, 0.1) is 12.3 Å². The van der Waals surface area contributed by atoms with Gasteiger partial charge >= 0.3 is 0 Å². The topological polar surface area (TPSA) is 58.7 Å². The highest BCUT2D eigenvalue weighted by atomic mass is 19.1. The van der Waals surface area contributed by atoms with Crippen LogP contribution < -0.4 is 5.84 Å². The van der Waals surface area contributed by atoms with E-state index in [-0.39, 0.29) is 17.4 Å². The zero-order valence-corrected chi connectivity index (χ0v) is 25.9. The van der Waals surface area contributed by atoms with Gasteiger partial charge in [0, 0.05) is 12.6 Å². The average molecular weight is 599 g/mol. The van der Waals surface area contributed by atoms with Gasteiger partial charge in [0.15, 0.2) is 0 Å². The maximum atomic E-state index is 14.4. The Labute approximate surface area is 261 Å². The number of aliphatic hydroxyl groups is 1. The highest BCUT2D eigenvalue weighted by molar-refractivity contribution is 5.29. The van der Waals surface area contributed by atoms with E-state index in [1.165, 1.54) is 17.7 Å². The van der Waals surface area contributed by atoms with Crippen molar-refractivity contribution in [3.05, 3.63) is 166 Å². The maximum Gasteiger partial charge on any atom is 0.126 e. The smallest absolute Gasteiger partial charge is 0.126 e. The molecule has 0 aliphatic heterocycles. The molecule has 6 heteroatoms.